The van der Waals surface area contributed by atoms with Gasteiger partial charge in [0, 0.05) is 6.04 Å². The average Bonchev–Trinajstić information content (AvgIpc) is 2.80. The van der Waals surface area contributed by atoms with Crippen molar-refractivity contribution >= 4 is 0 Å². The number of rotatable bonds is 4. The fraction of sp³-hybridized carbons (Fsp3) is 0.600. The summed E-state index contributed by atoms with van der Waals surface area (Å²) < 4.78 is 0. The Morgan fingerprint density at radius 3 is 2.62 bits per heavy atom. The van der Waals surface area contributed by atoms with E-state index in [1.165, 1.54) is 31.4 Å². The topological polar surface area (TPSA) is 12.0 Å². The van der Waals surface area contributed by atoms with Gasteiger partial charge in [-0.2, -0.15) is 0 Å². The molecule has 2 rings (SSSR count). The molecule has 0 spiro atoms. The van der Waals surface area contributed by atoms with Crippen molar-refractivity contribution in [2.75, 3.05) is 6.54 Å². The van der Waals surface area contributed by atoms with Crippen LogP contribution in [0.2, 0.25) is 0 Å². The van der Waals surface area contributed by atoms with Crippen molar-refractivity contribution in [3.8, 4) is 0 Å². The van der Waals surface area contributed by atoms with Gasteiger partial charge in [-0.3, -0.25) is 0 Å². The molecule has 0 aliphatic carbocycles. The summed E-state index contributed by atoms with van der Waals surface area (Å²) in [6, 6.07) is 11.7. The van der Waals surface area contributed by atoms with Crippen LogP contribution in [0.5, 0.6) is 0 Å². The summed E-state index contributed by atoms with van der Waals surface area (Å²) in [6.07, 6.45) is 3.89. The maximum Gasteiger partial charge on any atom is 0.0164 e. The van der Waals surface area contributed by atoms with Crippen LogP contribution in [-0.4, -0.2) is 12.6 Å². The monoisotopic (exact) mass is 217 g/mol. The molecule has 1 aromatic rings. The normalized spacial score (nSPS) is 26.9. The van der Waals surface area contributed by atoms with Gasteiger partial charge in [-0.25, -0.2) is 0 Å². The maximum atomic E-state index is 3.71. The van der Waals surface area contributed by atoms with Crippen LogP contribution < -0.4 is 5.32 Å². The van der Waals surface area contributed by atoms with Gasteiger partial charge in [0.2, 0.25) is 0 Å². The zero-order valence-electron chi connectivity index (χ0n) is 10.4. The molecule has 0 unspecified atom stereocenters. The Labute approximate surface area is 99.3 Å². The number of hydrogen-bond donors (Lipinski definition) is 1. The molecule has 1 aliphatic rings. The number of nitrogens with one attached hydrogen (secondary N) is 1. The lowest BCUT2D eigenvalue weighted by Crippen LogP contribution is -2.33. The van der Waals surface area contributed by atoms with Gasteiger partial charge in [-0.1, -0.05) is 50.6 Å². The summed E-state index contributed by atoms with van der Waals surface area (Å²) in [5, 5.41) is 3.71. The van der Waals surface area contributed by atoms with Crippen molar-refractivity contribution in [3.05, 3.63) is 35.9 Å². The van der Waals surface area contributed by atoms with Gasteiger partial charge >= 0.3 is 0 Å². The van der Waals surface area contributed by atoms with Crippen LogP contribution in [-0.2, 0) is 0 Å². The minimum absolute atomic E-state index is 0.689. The third kappa shape index (κ3) is 2.30. The second-order valence-corrected chi connectivity index (χ2v) is 4.86. The molecule has 1 N–H and O–H groups in total. The molecule has 1 aromatic carbocycles. The maximum absolute atomic E-state index is 3.71. The zero-order valence-corrected chi connectivity index (χ0v) is 10.4. The summed E-state index contributed by atoms with van der Waals surface area (Å²) in [5.74, 6) is 1.55. The summed E-state index contributed by atoms with van der Waals surface area (Å²) in [6.45, 7) is 5.83. The molecular weight excluding hydrogens is 194 g/mol. The quantitative estimate of drug-likeness (QED) is 0.813. The van der Waals surface area contributed by atoms with Crippen LogP contribution in [0.4, 0.5) is 0 Å². The third-order valence-electron chi connectivity index (χ3n) is 4.03. The van der Waals surface area contributed by atoms with Crippen LogP contribution in [0.15, 0.2) is 30.3 Å². The highest BCUT2D eigenvalue weighted by molar-refractivity contribution is 5.22. The average molecular weight is 217 g/mol. The van der Waals surface area contributed by atoms with Crippen molar-refractivity contribution in [1.82, 2.24) is 5.32 Å². The van der Waals surface area contributed by atoms with Gasteiger partial charge in [-0.15, -0.1) is 0 Å². The Kier molecular flexibility index (Phi) is 4.00. The largest absolute Gasteiger partial charge is 0.313 e. The Morgan fingerprint density at radius 1 is 1.25 bits per heavy atom. The van der Waals surface area contributed by atoms with E-state index in [1.807, 2.05) is 0 Å². The van der Waals surface area contributed by atoms with E-state index in [1.54, 1.807) is 0 Å². The van der Waals surface area contributed by atoms with E-state index < -0.39 is 0 Å². The first-order chi connectivity index (χ1) is 7.86. The summed E-state index contributed by atoms with van der Waals surface area (Å²) in [4.78, 5) is 0. The van der Waals surface area contributed by atoms with Gasteiger partial charge in [0.15, 0.2) is 0 Å². The molecule has 0 amide bonds. The molecule has 16 heavy (non-hydrogen) atoms. The molecule has 0 aromatic heterocycles. The molecular formula is C15H23N. The van der Waals surface area contributed by atoms with Crippen LogP contribution >= 0.6 is 0 Å². The lowest BCUT2D eigenvalue weighted by atomic mass is 9.82. The highest BCUT2D eigenvalue weighted by Crippen LogP contribution is 2.33. The first-order valence-corrected chi connectivity index (χ1v) is 6.65. The Bertz CT molecular complexity index is 306. The Morgan fingerprint density at radius 2 is 2.00 bits per heavy atom. The molecule has 0 saturated carbocycles. The first kappa shape index (κ1) is 11.7. The van der Waals surface area contributed by atoms with Crippen molar-refractivity contribution in [3.63, 3.8) is 0 Å². The molecule has 1 nitrogen and oxygen atoms in total. The van der Waals surface area contributed by atoms with E-state index in [9.17, 15) is 0 Å². The third-order valence-corrected chi connectivity index (χ3v) is 4.03. The summed E-state index contributed by atoms with van der Waals surface area (Å²) in [7, 11) is 0. The predicted octanol–water partition coefficient (Wildman–Crippen LogP) is 3.57. The van der Waals surface area contributed by atoms with Gasteiger partial charge in [0.1, 0.15) is 0 Å². The molecule has 1 fully saturated rings. The zero-order chi connectivity index (χ0) is 11.4. The standard InChI is InChI=1S/C15H23N/c1-3-12-10-11-16-15(12)14(4-2)13-8-6-5-7-9-13/h5-9,12,14-16H,3-4,10-11H2,1-2H3/t12-,14-,15+/m0/s1. The Balaban J connectivity index is 2.16. The lowest BCUT2D eigenvalue weighted by molar-refractivity contribution is 0.367. The van der Waals surface area contributed by atoms with E-state index in [0.29, 0.717) is 12.0 Å². The van der Waals surface area contributed by atoms with E-state index >= 15 is 0 Å². The van der Waals surface area contributed by atoms with Crippen molar-refractivity contribution in [1.29, 1.82) is 0 Å². The molecule has 88 valence electrons. The smallest absolute Gasteiger partial charge is 0.0164 e. The minimum Gasteiger partial charge on any atom is -0.313 e. The fourth-order valence-electron chi connectivity index (χ4n) is 3.11. The molecule has 1 saturated heterocycles. The van der Waals surface area contributed by atoms with E-state index in [2.05, 4.69) is 49.5 Å². The van der Waals surface area contributed by atoms with Crippen molar-refractivity contribution in [2.45, 2.75) is 45.1 Å². The van der Waals surface area contributed by atoms with E-state index in [-0.39, 0.29) is 0 Å². The van der Waals surface area contributed by atoms with Crippen LogP contribution in [0.25, 0.3) is 0 Å². The SMILES string of the molecule is CC[C@H]1CCN[C@H]1[C@@H](CC)c1ccccc1. The molecule has 0 bridgehead atoms. The summed E-state index contributed by atoms with van der Waals surface area (Å²) in [5.41, 5.74) is 1.50. The first-order valence-electron chi connectivity index (χ1n) is 6.65. The predicted molar refractivity (Wildman–Crippen MR) is 69.7 cm³/mol. The fourth-order valence-corrected chi connectivity index (χ4v) is 3.11. The highest BCUT2D eigenvalue weighted by atomic mass is 15.0. The number of benzene rings is 1. The van der Waals surface area contributed by atoms with Gasteiger partial charge in [0.05, 0.1) is 0 Å². The Hall–Kier alpha value is -0.820. The van der Waals surface area contributed by atoms with E-state index in [0.717, 1.165) is 5.92 Å². The molecule has 3 atom stereocenters. The highest BCUT2D eigenvalue weighted by Gasteiger charge is 2.31. The van der Waals surface area contributed by atoms with Crippen LogP contribution in [0, 0.1) is 5.92 Å². The van der Waals surface area contributed by atoms with Crippen molar-refractivity contribution < 1.29 is 0 Å². The van der Waals surface area contributed by atoms with Crippen LogP contribution in [0.3, 0.4) is 0 Å². The van der Waals surface area contributed by atoms with Gasteiger partial charge in [0.25, 0.3) is 0 Å². The molecule has 1 heterocycles. The lowest BCUT2D eigenvalue weighted by Gasteiger charge is -2.28. The second kappa shape index (κ2) is 5.49. The second-order valence-electron chi connectivity index (χ2n) is 4.86. The molecule has 1 aliphatic heterocycles. The van der Waals surface area contributed by atoms with Gasteiger partial charge < -0.3 is 5.32 Å². The summed E-state index contributed by atoms with van der Waals surface area (Å²) >= 11 is 0. The molecule has 0 radical (unpaired) electrons. The van der Waals surface area contributed by atoms with Crippen LogP contribution in [0.1, 0.15) is 44.6 Å². The van der Waals surface area contributed by atoms with Gasteiger partial charge in [-0.05, 0) is 36.8 Å². The van der Waals surface area contributed by atoms with Crippen molar-refractivity contribution in [2.24, 2.45) is 5.92 Å². The number of hydrogen-bond acceptors (Lipinski definition) is 1. The van der Waals surface area contributed by atoms with E-state index in [4.69, 9.17) is 0 Å². The minimum atomic E-state index is 0.689. The molecule has 1 heteroatoms.